The highest BCUT2D eigenvalue weighted by atomic mass is 32.1. The fraction of sp³-hybridized carbons (Fsp3) is 0.400. The lowest BCUT2D eigenvalue weighted by atomic mass is 10.3. The summed E-state index contributed by atoms with van der Waals surface area (Å²) in [5, 5.41) is 2.70. The number of aryl methyl sites for hydroxylation is 1. The first-order chi connectivity index (χ1) is 7.50. The monoisotopic (exact) mass is 241 g/mol. The maximum Gasteiger partial charge on any atom is 0.261 e. The topological polar surface area (TPSA) is 98.2 Å². The van der Waals surface area contributed by atoms with E-state index in [-0.39, 0.29) is 18.2 Å². The van der Waals surface area contributed by atoms with Gasteiger partial charge in [0.25, 0.3) is 5.91 Å². The Morgan fingerprint density at radius 2 is 2.19 bits per heavy atom. The molecule has 16 heavy (non-hydrogen) atoms. The van der Waals surface area contributed by atoms with Crippen LogP contribution in [-0.2, 0) is 4.79 Å². The van der Waals surface area contributed by atoms with E-state index in [2.05, 4.69) is 5.32 Å². The van der Waals surface area contributed by atoms with E-state index in [1.807, 2.05) is 6.92 Å². The quantitative estimate of drug-likeness (QED) is 0.659. The van der Waals surface area contributed by atoms with Crippen LogP contribution in [0.1, 0.15) is 27.4 Å². The molecule has 0 atom stereocenters. The van der Waals surface area contributed by atoms with Gasteiger partial charge in [0.05, 0.1) is 4.88 Å². The minimum absolute atomic E-state index is 0.158. The molecule has 5 N–H and O–H groups in total. The number of amides is 2. The lowest BCUT2D eigenvalue weighted by Crippen LogP contribution is -2.24. The highest BCUT2D eigenvalue weighted by Crippen LogP contribution is 2.22. The Morgan fingerprint density at radius 3 is 2.69 bits per heavy atom. The molecular weight excluding hydrogens is 226 g/mol. The Labute approximate surface area is 97.8 Å². The average molecular weight is 241 g/mol. The number of anilines is 1. The summed E-state index contributed by atoms with van der Waals surface area (Å²) in [5.41, 5.74) is 11.3. The molecule has 0 radical (unpaired) electrons. The van der Waals surface area contributed by atoms with Crippen molar-refractivity contribution in [2.45, 2.75) is 19.8 Å². The molecule has 1 aromatic heterocycles. The molecule has 0 fully saturated rings. The molecule has 0 saturated heterocycles. The third kappa shape index (κ3) is 3.54. The molecule has 1 rings (SSSR count). The Kier molecular flexibility index (Phi) is 4.30. The lowest BCUT2D eigenvalue weighted by Gasteiger charge is -2.01. The molecule has 1 heterocycles. The molecule has 2 amide bonds. The van der Waals surface area contributed by atoms with E-state index in [1.165, 1.54) is 11.3 Å². The van der Waals surface area contributed by atoms with E-state index in [4.69, 9.17) is 11.5 Å². The average Bonchev–Trinajstić information content (AvgIpc) is 2.54. The summed E-state index contributed by atoms with van der Waals surface area (Å²) in [6.07, 6.45) is 0.840. The van der Waals surface area contributed by atoms with E-state index < -0.39 is 0 Å². The first kappa shape index (κ1) is 12.5. The van der Waals surface area contributed by atoms with Crippen molar-refractivity contribution in [2.75, 3.05) is 12.3 Å². The van der Waals surface area contributed by atoms with Crippen molar-refractivity contribution in [1.82, 2.24) is 5.32 Å². The smallest absolute Gasteiger partial charge is 0.261 e. The molecule has 5 nitrogen and oxygen atoms in total. The zero-order chi connectivity index (χ0) is 12.1. The van der Waals surface area contributed by atoms with Crippen LogP contribution in [0.5, 0.6) is 0 Å². The van der Waals surface area contributed by atoms with E-state index >= 15 is 0 Å². The molecule has 0 bridgehead atoms. The van der Waals surface area contributed by atoms with Gasteiger partial charge in [-0.3, -0.25) is 9.59 Å². The fourth-order valence-corrected chi connectivity index (χ4v) is 2.02. The van der Waals surface area contributed by atoms with Gasteiger partial charge in [-0.2, -0.15) is 0 Å². The molecule has 0 unspecified atom stereocenters. The van der Waals surface area contributed by atoms with Gasteiger partial charge in [0.15, 0.2) is 0 Å². The van der Waals surface area contributed by atoms with Gasteiger partial charge in [0.2, 0.25) is 5.91 Å². The highest BCUT2D eigenvalue weighted by Gasteiger charge is 2.10. The minimum atomic E-state index is -0.356. The number of thiophene rings is 1. The number of carbonyl (C=O) groups is 2. The molecule has 0 aromatic carbocycles. The molecule has 0 aliphatic heterocycles. The van der Waals surface area contributed by atoms with Crippen LogP contribution in [0.3, 0.4) is 0 Å². The number of primary amides is 1. The van der Waals surface area contributed by atoms with Gasteiger partial charge in [-0.1, -0.05) is 0 Å². The Morgan fingerprint density at radius 1 is 1.50 bits per heavy atom. The maximum atomic E-state index is 11.6. The van der Waals surface area contributed by atoms with E-state index in [0.717, 1.165) is 4.88 Å². The molecule has 1 aromatic rings. The SMILES string of the molecule is Cc1sc(C(=O)NCCCC(N)=O)cc1N. The Hall–Kier alpha value is -1.56. The predicted molar refractivity (Wildman–Crippen MR) is 64.2 cm³/mol. The summed E-state index contributed by atoms with van der Waals surface area (Å²) < 4.78 is 0. The number of hydrogen-bond acceptors (Lipinski definition) is 4. The van der Waals surface area contributed by atoms with Crippen LogP contribution in [0, 0.1) is 6.92 Å². The van der Waals surface area contributed by atoms with Crippen LogP contribution in [0.15, 0.2) is 6.07 Å². The third-order valence-electron chi connectivity index (χ3n) is 2.07. The van der Waals surface area contributed by atoms with E-state index in [9.17, 15) is 9.59 Å². The maximum absolute atomic E-state index is 11.6. The van der Waals surface area contributed by atoms with E-state index in [1.54, 1.807) is 6.07 Å². The summed E-state index contributed by atoms with van der Waals surface area (Å²) >= 11 is 1.36. The van der Waals surface area contributed by atoms with Crippen molar-refractivity contribution in [3.05, 3.63) is 15.8 Å². The standard InChI is InChI=1S/C10H15N3O2S/c1-6-7(11)5-8(16-6)10(15)13-4-2-3-9(12)14/h5H,2-4,11H2,1H3,(H2,12,14)(H,13,15). The molecule has 0 aliphatic rings. The molecule has 0 aliphatic carbocycles. The zero-order valence-corrected chi connectivity index (χ0v) is 9.89. The third-order valence-corrected chi connectivity index (χ3v) is 3.13. The molecule has 0 saturated carbocycles. The summed E-state index contributed by atoms with van der Waals surface area (Å²) in [6, 6.07) is 1.66. The van der Waals surface area contributed by atoms with E-state index in [0.29, 0.717) is 23.5 Å². The fourth-order valence-electron chi connectivity index (χ4n) is 1.16. The van der Waals surface area contributed by atoms with Gasteiger partial charge in [-0.05, 0) is 19.4 Å². The van der Waals surface area contributed by atoms with Crippen molar-refractivity contribution < 1.29 is 9.59 Å². The second-order valence-electron chi connectivity index (χ2n) is 3.45. The largest absolute Gasteiger partial charge is 0.398 e. The minimum Gasteiger partial charge on any atom is -0.398 e. The number of nitrogens with one attached hydrogen (secondary N) is 1. The summed E-state index contributed by atoms with van der Waals surface area (Å²) in [7, 11) is 0. The normalized spacial score (nSPS) is 10.1. The van der Waals surface area contributed by atoms with Gasteiger partial charge in [0, 0.05) is 23.5 Å². The summed E-state index contributed by atoms with van der Waals surface area (Å²) in [5.74, 6) is -0.514. The van der Waals surface area contributed by atoms with Gasteiger partial charge in [-0.15, -0.1) is 11.3 Å². The Bertz CT molecular complexity index is 381. The molecule has 88 valence electrons. The second-order valence-corrected chi connectivity index (χ2v) is 4.70. The van der Waals surface area contributed by atoms with Crippen molar-refractivity contribution in [3.8, 4) is 0 Å². The van der Waals surface area contributed by atoms with Crippen molar-refractivity contribution in [1.29, 1.82) is 0 Å². The van der Waals surface area contributed by atoms with Crippen LogP contribution in [0.2, 0.25) is 0 Å². The number of nitrogens with two attached hydrogens (primary N) is 2. The van der Waals surface area contributed by atoms with Crippen LogP contribution in [-0.4, -0.2) is 18.4 Å². The van der Waals surface area contributed by atoms with Crippen molar-refractivity contribution in [3.63, 3.8) is 0 Å². The van der Waals surface area contributed by atoms with Crippen molar-refractivity contribution in [2.24, 2.45) is 5.73 Å². The zero-order valence-electron chi connectivity index (χ0n) is 9.08. The summed E-state index contributed by atoms with van der Waals surface area (Å²) in [6.45, 7) is 2.31. The van der Waals surface area contributed by atoms with Crippen LogP contribution >= 0.6 is 11.3 Å². The van der Waals surface area contributed by atoms with Gasteiger partial charge in [-0.25, -0.2) is 0 Å². The molecular formula is C10H15N3O2S. The molecule has 6 heteroatoms. The lowest BCUT2D eigenvalue weighted by molar-refractivity contribution is -0.118. The second kappa shape index (κ2) is 5.50. The summed E-state index contributed by atoms with van der Waals surface area (Å²) in [4.78, 5) is 23.6. The van der Waals surface area contributed by atoms with Gasteiger partial charge >= 0.3 is 0 Å². The number of nitrogen functional groups attached to an aromatic ring is 1. The van der Waals surface area contributed by atoms with Crippen LogP contribution in [0.25, 0.3) is 0 Å². The number of rotatable bonds is 5. The van der Waals surface area contributed by atoms with Crippen LogP contribution in [0.4, 0.5) is 5.69 Å². The van der Waals surface area contributed by atoms with Gasteiger partial charge in [0.1, 0.15) is 0 Å². The number of carbonyl (C=O) groups excluding carboxylic acids is 2. The highest BCUT2D eigenvalue weighted by molar-refractivity contribution is 7.14. The Balaban J connectivity index is 2.38. The van der Waals surface area contributed by atoms with Gasteiger partial charge < -0.3 is 16.8 Å². The first-order valence-electron chi connectivity index (χ1n) is 4.93. The number of hydrogen-bond donors (Lipinski definition) is 3. The molecule has 0 spiro atoms. The predicted octanol–water partition coefficient (Wildman–Crippen LogP) is 0.634. The van der Waals surface area contributed by atoms with Crippen molar-refractivity contribution >= 4 is 28.8 Å². The van der Waals surface area contributed by atoms with Crippen LogP contribution < -0.4 is 16.8 Å². The first-order valence-corrected chi connectivity index (χ1v) is 5.74.